The van der Waals surface area contributed by atoms with Crippen molar-refractivity contribution in [3.63, 3.8) is 0 Å². The van der Waals surface area contributed by atoms with Gasteiger partial charge in [-0.2, -0.15) is 0 Å². The van der Waals surface area contributed by atoms with E-state index in [9.17, 15) is 24.8 Å². The fraction of sp³-hybridized carbons (Fsp3) is 0.394. The van der Waals surface area contributed by atoms with Crippen molar-refractivity contribution < 1.29 is 33.8 Å². The minimum atomic E-state index is -0.644. The quantitative estimate of drug-likeness (QED) is 0.159. The van der Waals surface area contributed by atoms with Crippen LogP contribution in [0.2, 0.25) is 0 Å². The third-order valence-electron chi connectivity index (χ3n) is 8.01. The Morgan fingerprint density at radius 1 is 0.957 bits per heavy atom. The molecule has 2 saturated heterocycles. The van der Waals surface area contributed by atoms with Gasteiger partial charge in [0, 0.05) is 68.2 Å². The molecule has 0 aliphatic carbocycles. The number of nitrogens with zero attached hydrogens (tertiary/aromatic N) is 3. The molecule has 3 aromatic carbocycles. The Hall–Kier alpha value is -4.56. The number of hydrogen-bond donors (Lipinski definition) is 3. The van der Waals surface area contributed by atoms with Gasteiger partial charge in [0.15, 0.2) is 6.29 Å². The number of aliphatic hydroxyl groups is 1. The van der Waals surface area contributed by atoms with E-state index in [0.29, 0.717) is 18.7 Å². The van der Waals surface area contributed by atoms with Crippen LogP contribution in [0.1, 0.15) is 42.4 Å². The van der Waals surface area contributed by atoms with Gasteiger partial charge in [-0.15, -0.1) is 0 Å². The van der Waals surface area contributed by atoms with E-state index in [1.807, 2.05) is 36.4 Å². The average Bonchev–Trinajstić information content (AvgIpc) is 3.08. The molecule has 244 valence electrons. The van der Waals surface area contributed by atoms with Crippen molar-refractivity contribution in [1.29, 1.82) is 0 Å². The number of esters is 1. The summed E-state index contributed by atoms with van der Waals surface area (Å²) in [6, 6.07) is 21.0. The minimum absolute atomic E-state index is 0.0345. The van der Waals surface area contributed by atoms with Crippen LogP contribution in [0.4, 0.5) is 21.9 Å². The average molecular weight is 634 g/mol. The maximum atomic E-state index is 12.2. The zero-order valence-electron chi connectivity index (χ0n) is 25.7. The lowest BCUT2D eigenvalue weighted by molar-refractivity contribution is -0.384. The highest BCUT2D eigenvalue weighted by atomic mass is 16.7. The molecular weight excluding hydrogens is 594 g/mol. The molecule has 13 heteroatoms. The summed E-state index contributed by atoms with van der Waals surface area (Å²) in [6.45, 7) is 5.60. The van der Waals surface area contributed by atoms with Gasteiger partial charge in [0.2, 0.25) is 0 Å². The number of anilines is 2. The standard InChI is InChI=1S/C33H39N5O8/c1-2-44-31(40)20-34-33(41)35-26-9-7-25(8-10-26)32-45-29(19-30(46-32)24-5-3-23(22-39)4-6-24)21-36-15-17-37(18-16-36)27-11-13-28(14-12-27)38(42)43/h3-14,29-30,32,39H,2,15-22H2,1H3,(H2,34,35,41). The van der Waals surface area contributed by atoms with Crippen molar-refractivity contribution >= 4 is 29.1 Å². The zero-order valence-corrected chi connectivity index (χ0v) is 25.7. The number of nitro benzene ring substituents is 1. The van der Waals surface area contributed by atoms with Crippen LogP contribution in [-0.2, 0) is 25.6 Å². The number of non-ortho nitro benzene ring substituents is 1. The summed E-state index contributed by atoms with van der Waals surface area (Å²) in [4.78, 5) is 38.9. The van der Waals surface area contributed by atoms with Crippen LogP contribution >= 0.6 is 0 Å². The van der Waals surface area contributed by atoms with E-state index in [0.717, 1.165) is 48.6 Å². The van der Waals surface area contributed by atoms with Gasteiger partial charge in [0.05, 0.1) is 30.3 Å². The van der Waals surface area contributed by atoms with E-state index in [-0.39, 0.29) is 37.7 Å². The van der Waals surface area contributed by atoms with Gasteiger partial charge in [0.1, 0.15) is 6.54 Å². The van der Waals surface area contributed by atoms with Gasteiger partial charge < -0.3 is 34.9 Å². The first kappa shape index (κ1) is 32.8. The van der Waals surface area contributed by atoms with Gasteiger partial charge in [-0.05, 0) is 42.3 Å². The van der Waals surface area contributed by atoms with Crippen molar-refractivity contribution in [3.8, 4) is 0 Å². The Bertz CT molecular complexity index is 1460. The fourth-order valence-electron chi connectivity index (χ4n) is 5.56. The molecule has 2 aliphatic rings. The van der Waals surface area contributed by atoms with Crippen molar-refractivity contribution in [3.05, 3.63) is 99.6 Å². The van der Waals surface area contributed by atoms with E-state index in [2.05, 4.69) is 20.4 Å². The normalized spacial score (nSPS) is 20.1. The Morgan fingerprint density at radius 2 is 1.63 bits per heavy atom. The second-order valence-corrected chi connectivity index (χ2v) is 11.1. The molecule has 2 heterocycles. The van der Waals surface area contributed by atoms with Gasteiger partial charge in [-0.1, -0.05) is 36.4 Å². The van der Waals surface area contributed by atoms with Crippen LogP contribution in [0.15, 0.2) is 72.8 Å². The van der Waals surface area contributed by atoms with Crippen LogP contribution in [0.3, 0.4) is 0 Å². The molecule has 3 N–H and O–H groups in total. The molecular formula is C33H39N5O8. The predicted octanol–water partition coefficient (Wildman–Crippen LogP) is 4.14. The number of aliphatic hydroxyl groups excluding tert-OH is 1. The second kappa shape index (κ2) is 15.6. The summed E-state index contributed by atoms with van der Waals surface area (Å²) >= 11 is 0. The minimum Gasteiger partial charge on any atom is -0.465 e. The molecule has 2 fully saturated rings. The van der Waals surface area contributed by atoms with Crippen LogP contribution in [-0.4, -0.2) is 78.9 Å². The summed E-state index contributed by atoms with van der Waals surface area (Å²) < 4.78 is 17.8. The third-order valence-corrected chi connectivity index (χ3v) is 8.01. The maximum absolute atomic E-state index is 12.2. The largest absolute Gasteiger partial charge is 0.465 e. The number of hydrogen-bond acceptors (Lipinski definition) is 10. The van der Waals surface area contributed by atoms with Crippen molar-refractivity contribution in [2.24, 2.45) is 0 Å². The number of piperazine rings is 1. The summed E-state index contributed by atoms with van der Waals surface area (Å²) in [5, 5.41) is 25.7. The van der Waals surface area contributed by atoms with Crippen molar-refractivity contribution in [2.75, 3.05) is 56.1 Å². The lowest BCUT2D eigenvalue weighted by atomic mass is 9.99. The molecule has 0 aromatic heterocycles. The predicted molar refractivity (Wildman–Crippen MR) is 170 cm³/mol. The highest BCUT2D eigenvalue weighted by Gasteiger charge is 2.34. The molecule has 3 unspecified atom stereocenters. The molecule has 5 rings (SSSR count). The number of nitrogens with one attached hydrogen (secondary N) is 2. The van der Waals surface area contributed by atoms with Crippen molar-refractivity contribution in [2.45, 2.75) is 38.4 Å². The molecule has 13 nitrogen and oxygen atoms in total. The molecule has 0 radical (unpaired) electrons. The van der Waals surface area contributed by atoms with Crippen LogP contribution in [0.5, 0.6) is 0 Å². The molecule has 2 amide bonds. The van der Waals surface area contributed by atoms with E-state index in [4.69, 9.17) is 14.2 Å². The van der Waals surface area contributed by atoms with Crippen LogP contribution < -0.4 is 15.5 Å². The Kier molecular flexibility index (Phi) is 11.2. The van der Waals surface area contributed by atoms with Crippen LogP contribution in [0, 0.1) is 10.1 Å². The Morgan fingerprint density at radius 3 is 2.26 bits per heavy atom. The van der Waals surface area contributed by atoms with E-state index in [1.54, 1.807) is 31.2 Å². The monoisotopic (exact) mass is 633 g/mol. The number of nitro groups is 1. The lowest BCUT2D eigenvalue weighted by Gasteiger charge is -2.41. The number of carbonyl (C=O) groups excluding carboxylic acids is 2. The highest BCUT2D eigenvalue weighted by molar-refractivity contribution is 5.91. The topological polar surface area (TPSA) is 156 Å². The van der Waals surface area contributed by atoms with Gasteiger partial charge in [0.25, 0.3) is 5.69 Å². The van der Waals surface area contributed by atoms with E-state index in [1.165, 1.54) is 12.1 Å². The fourth-order valence-corrected chi connectivity index (χ4v) is 5.56. The first-order valence-electron chi connectivity index (χ1n) is 15.3. The summed E-state index contributed by atoms with van der Waals surface area (Å²) in [5.74, 6) is -0.513. The number of carbonyl (C=O) groups is 2. The van der Waals surface area contributed by atoms with Gasteiger partial charge >= 0.3 is 12.0 Å². The Balaban J connectivity index is 1.22. The number of ether oxygens (including phenoxy) is 3. The van der Waals surface area contributed by atoms with Gasteiger partial charge in [-0.25, -0.2) is 4.79 Å². The highest BCUT2D eigenvalue weighted by Crippen LogP contribution is 2.38. The first-order valence-corrected chi connectivity index (χ1v) is 15.3. The molecule has 0 saturated carbocycles. The SMILES string of the molecule is CCOC(=O)CNC(=O)Nc1ccc(C2OC(CN3CCN(c4ccc([N+](=O)[O-])cc4)CC3)CC(c3ccc(CO)cc3)O2)cc1. The lowest BCUT2D eigenvalue weighted by Crippen LogP contribution is -2.49. The number of rotatable bonds is 11. The maximum Gasteiger partial charge on any atom is 0.325 e. The number of amides is 2. The molecule has 46 heavy (non-hydrogen) atoms. The molecule has 2 aliphatic heterocycles. The number of benzene rings is 3. The summed E-state index contributed by atoms with van der Waals surface area (Å²) in [7, 11) is 0. The second-order valence-electron chi connectivity index (χ2n) is 11.1. The van der Waals surface area contributed by atoms with Gasteiger partial charge in [-0.3, -0.25) is 19.8 Å². The first-order chi connectivity index (χ1) is 22.3. The smallest absolute Gasteiger partial charge is 0.325 e. The molecule has 3 aromatic rings. The summed E-state index contributed by atoms with van der Waals surface area (Å²) in [6.07, 6.45) is -0.352. The summed E-state index contributed by atoms with van der Waals surface area (Å²) in [5.41, 5.74) is 4.20. The molecule has 3 atom stereocenters. The van der Waals surface area contributed by atoms with E-state index >= 15 is 0 Å². The number of urea groups is 1. The Labute approximate surface area is 267 Å². The van der Waals surface area contributed by atoms with E-state index < -0.39 is 23.2 Å². The van der Waals surface area contributed by atoms with Crippen LogP contribution in [0.25, 0.3) is 0 Å². The zero-order chi connectivity index (χ0) is 32.5. The molecule has 0 spiro atoms. The molecule has 0 bridgehead atoms. The third kappa shape index (κ3) is 8.79. The van der Waals surface area contributed by atoms with Crippen molar-refractivity contribution in [1.82, 2.24) is 10.2 Å².